The lowest BCUT2D eigenvalue weighted by molar-refractivity contribution is -0.143. The van der Waals surface area contributed by atoms with Crippen LogP contribution in [0.1, 0.15) is 30.9 Å². The molecular formula is C22H35F3IN5O. The van der Waals surface area contributed by atoms with Gasteiger partial charge in [0.1, 0.15) is 5.75 Å². The van der Waals surface area contributed by atoms with E-state index in [9.17, 15) is 13.2 Å². The fourth-order valence-electron chi connectivity index (χ4n) is 4.56. The molecule has 32 heavy (non-hydrogen) atoms. The fourth-order valence-corrected chi connectivity index (χ4v) is 4.56. The van der Waals surface area contributed by atoms with Crippen molar-refractivity contribution in [3.05, 3.63) is 29.8 Å². The average molecular weight is 569 g/mol. The van der Waals surface area contributed by atoms with Crippen LogP contribution in [0.5, 0.6) is 5.75 Å². The lowest BCUT2D eigenvalue weighted by Crippen LogP contribution is -2.44. The third kappa shape index (κ3) is 7.95. The number of likely N-dealkylation sites (tertiary alicyclic amines) is 2. The van der Waals surface area contributed by atoms with Crippen LogP contribution in [0.2, 0.25) is 0 Å². The number of guanidine groups is 1. The van der Waals surface area contributed by atoms with Gasteiger partial charge in [0.15, 0.2) is 5.96 Å². The number of halogens is 4. The van der Waals surface area contributed by atoms with Crippen molar-refractivity contribution in [3.8, 4) is 5.75 Å². The molecule has 0 saturated carbocycles. The molecule has 1 aromatic rings. The van der Waals surface area contributed by atoms with Crippen LogP contribution in [0.25, 0.3) is 0 Å². The zero-order valence-electron chi connectivity index (χ0n) is 18.8. The lowest BCUT2D eigenvalue weighted by Gasteiger charge is -2.30. The van der Waals surface area contributed by atoms with Crippen LogP contribution in [0, 0.1) is 5.92 Å². The molecule has 0 aromatic heterocycles. The Bertz CT molecular complexity index is 728. The van der Waals surface area contributed by atoms with Crippen LogP contribution in [-0.4, -0.2) is 81.9 Å². The predicted octanol–water partition coefficient (Wildman–Crippen LogP) is 3.50. The van der Waals surface area contributed by atoms with Crippen molar-refractivity contribution in [2.24, 2.45) is 10.9 Å². The number of hydrogen-bond donors (Lipinski definition) is 2. The van der Waals surface area contributed by atoms with Crippen molar-refractivity contribution in [1.82, 2.24) is 20.4 Å². The van der Waals surface area contributed by atoms with E-state index in [1.54, 1.807) is 14.2 Å². The number of hydrogen-bond acceptors (Lipinski definition) is 4. The molecule has 2 fully saturated rings. The van der Waals surface area contributed by atoms with Crippen LogP contribution in [0.4, 0.5) is 13.2 Å². The van der Waals surface area contributed by atoms with Crippen molar-refractivity contribution in [1.29, 1.82) is 0 Å². The minimum Gasteiger partial charge on any atom is -0.496 e. The predicted molar refractivity (Wildman–Crippen MR) is 132 cm³/mol. The molecule has 10 heteroatoms. The van der Waals surface area contributed by atoms with Gasteiger partial charge in [-0.1, -0.05) is 18.2 Å². The Morgan fingerprint density at radius 2 is 1.91 bits per heavy atom. The van der Waals surface area contributed by atoms with E-state index < -0.39 is 12.7 Å². The topological polar surface area (TPSA) is 52.1 Å². The first-order valence-electron chi connectivity index (χ1n) is 11.0. The van der Waals surface area contributed by atoms with E-state index in [0.29, 0.717) is 32.1 Å². The van der Waals surface area contributed by atoms with Gasteiger partial charge in [-0.3, -0.25) is 14.8 Å². The summed E-state index contributed by atoms with van der Waals surface area (Å²) in [6, 6.07) is 8.25. The smallest absolute Gasteiger partial charge is 0.401 e. The van der Waals surface area contributed by atoms with Gasteiger partial charge in [0.25, 0.3) is 0 Å². The number of para-hydroxylation sites is 1. The number of aliphatic imine (C=N–C) groups is 1. The van der Waals surface area contributed by atoms with Gasteiger partial charge in [-0.05, 0) is 50.9 Å². The quantitative estimate of drug-likeness (QED) is 0.285. The number of ether oxygens (including phenoxy) is 1. The molecule has 182 valence electrons. The maximum atomic E-state index is 12.6. The Hall–Kier alpha value is -1.27. The monoisotopic (exact) mass is 569 g/mol. The molecule has 2 aliphatic rings. The first-order chi connectivity index (χ1) is 14.9. The van der Waals surface area contributed by atoms with E-state index in [1.807, 2.05) is 18.2 Å². The van der Waals surface area contributed by atoms with Crippen molar-refractivity contribution < 1.29 is 17.9 Å². The Labute approximate surface area is 206 Å². The molecule has 1 aromatic carbocycles. The van der Waals surface area contributed by atoms with Crippen molar-refractivity contribution in [3.63, 3.8) is 0 Å². The van der Waals surface area contributed by atoms with Crippen LogP contribution in [0.15, 0.2) is 29.3 Å². The third-order valence-corrected chi connectivity index (χ3v) is 6.10. The second-order valence-corrected chi connectivity index (χ2v) is 8.34. The van der Waals surface area contributed by atoms with Crippen LogP contribution >= 0.6 is 24.0 Å². The Kier molecular flexibility index (Phi) is 10.8. The highest BCUT2D eigenvalue weighted by molar-refractivity contribution is 14.0. The highest BCUT2D eigenvalue weighted by Gasteiger charge is 2.34. The van der Waals surface area contributed by atoms with Crippen molar-refractivity contribution >= 4 is 29.9 Å². The number of nitrogens with zero attached hydrogens (tertiary/aromatic N) is 3. The third-order valence-electron chi connectivity index (χ3n) is 6.10. The molecule has 0 radical (unpaired) electrons. The average Bonchev–Trinajstić information content (AvgIpc) is 3.42. The SMILES string of the molecule is CN=C(NCC1CCN(CC(F)(F)F)C1)NCC(c1ccccc1OC)N1CCCC1.I. The van der Waals surface area contributed by atoms with Crippen LogP contribution in [0.3, 0.4) is 0 Å². The first-order valence-corrected chi connectivity index (χ1v) is 11.0. The molecule has 2 unspecified atom stereocenters. The molecule has 2 atom stereocenters. The maximum absolute atomic E-state index is 12.6. The standard InChI is InChI=1S/C22H34F3N5O.HI/c1-26-21(27-13-17-9-12-29(15-17)16-22(23,24)25)28-14-19(30-10-5-6-11-30)18-7-3-4-8-20(18)31-2;/h3-4,7-8,17,19H,5-6,9-16H2,1-2H3,(H2,26,27,28);1H. The summed E-state index contributed by atoms with van der Waals surface area (Å²) < 4.78 is 43.4. The maximum Gasteiger partial charge on any atom is 0.401 e. The summed E-state index contributed by atoms with van der Waals surface area (Å²) in [5, 5.41) is 6.72. The van der Waals surface area contributed by atoms with E-state index >= 15 is 0 Å². The molecule has 0 bridgehead atoms. The molecular weight excluding hydrogens is 534 g/mol. The molecule has 2 saturated heterocycles. The molecule has 2 N–H and O–H groups in total. The van der Waals surface area contributed by atoms with Gasteiger partial charge in [-0.2, -0.15) is 13.2 Å². The van der Waals surface area contributed by atoms with Crippen LogP contribution in [-0.2, 0) is 0 Å². The summed E-state index contributed by atoms with van der Waals surface area (Å²) in [7, 11) is 3.41. The van der Waals surface area contributed by atoms with Gasteiger partial charge in [0, 0.05) is 32.2 Å². The number of rotatable bonds is 8. The highest BCUT2D eigenvalue weighted by atomic mass is 127. The second kappa shape index (κ2) is 12.8. The first kappa shape index (κ1) is 27.0. The van der Waals surface area contributed by atoms with E-state index in [-0.39, 0.29) is 35.9 Å². The van der Waals surface area contributed by atoms with Gasteiger partial charge >= 0.3 is 6.18 Å². The minimum absolute atomic E-state index is 0. The summed E-state index contributed by atoms with van der Waals surface area (Å²) in [5.74, 6) is 1.73. The number of methoxy groups -OCH3 is 1. The minimum atomic E-state index is -4.14. The highest BCUT2D eigenvalue weighted by Crippen LogP contribution is 2.31. The van der Waals surface area contributed by atoms with E-state index in [1.165, 1.54) is 17.7 Å². The molecule has 0 amide bonds. The summed E-state index contributed by atoms with van der Waals surface area (Å²) in [6.45, 7) is 3.50. The van der Waals surface area contributed by atoms with Gasteiger partial charge < -0.3 is 15.4 Å². The summed E-state index contributed by atoms with van der Waals surface area (Å²) in [4.78, 5) is 8.26. The molecule has 0 aliphatic carbocycles. The van der Waals surface area contributed by atoms with Gasteiger partial charge in [0.05, 0.1) is 19.7 Å². The van der Waals surface area contributed by atoms with Gasteiger partial charge in [-0.25, -0.2) is 0 Å². The largest absolute Gasteiger partial charge is 0.496 e. The Balaban J connectivity index is 0.00000363. The normalized spacial score (nSPS) is 21.3. The Morgan fingerprint density at radius 3 is 2.56 bits per heavy atom. The summed E-state index contributed by atoms with van der Waals surface area (Å²) in [6.07, 6.45) is -0.996. The van der Waals surface area contributed by atoms with Crippen molar-refractivity contribution in [2.75, 3.05) is 60.0 Å². The molecule has 2 heterocycles. The zero-order valence-corrected chi connectivity index (χ0v) is 21.2. The molecule has 3 rings (SSSR count). The van der Waals surface area contributed by atoms with E-state index in [4.69, 9.17) is 4.74 Å². The van der Waals surface area contributed by atoms with E-state index in [0.717, 1.165) is 30.8 Å². The van der Waals surface area contributed by atoms with Gasteiger partial charge in [0.2, 0.25) is 0 Å². The summed E-state index contributed by atoms with van der Waals surface area (Å²) >= 11 is 0. The summed E-state index contributed by atoms with van der Waals surface area (Å²) in [5.41, 5.74) is 1.15. The molecule has 2 aliphatic heterocycles. The van der Waals surface area contributed by atoms with Gasteiger partial charge in [-0.15, -0.1) is 24.0 Å². The molecule has 0 spiro atoms. The fraction of sp³-hybridized carbons (Fsp3) is 0.682. The van der Waals surface area contributed by atoms with Crippen LogP contribution < -0.4 is 15.4 Å². The second-order valence-electron chi connectivity index (χ2n) is 8.34. The molecule has 6 nitrogen and oxygen atoms in total. The number of benzene rings is 1. The van der Waals surface area contributed by atoms with Crippen molar-refractivity contribution in [2.45, 2.75) is 31.5 Å². The van der Waals surface area contributed by atoms with E-state index in [2.05, 4.69) is 26.6 Å². The zero-order chi connectivity index (χ0) is 22.3. The lowest BCUT2D eigenvalue weighted by atomic mass is 10.0. The Morgan fingerprint density at radius 1 is 1.19 bits per heavy atom. The number of alkyl halides is 3. The number of nitrogens with one attached hydrogen (secondary N) is 2.